The number of pyridine rings is 1. The maximum atomic E-state index is 4.65. The van der Waals surface area contributed by atoms with Crippen LogP contribution in [0.4, 0.5) is 5.82 Å². The fourth-order valence-electron chi connectivity index (χ4n) is 2.89. The maximum absolute atomic E-state index is 4.65. The van der Waals surface area contributed by atoms with Crippen LogP contribution < -0.4 is 5.32 Å². The quantitative estimate of drug-likeness (QED) is 0.934. The lowest BCUT2D eigenvalue weighted by Gasteiger charge is -2.24. The van der Waals surface area contributed by atoms with Crippen LogP contribution in [0, 0.1) is 6.92 Å². The second kappa shape index (κ2) is 6.18. The monoisotopic (exact) mass is 283 g/mol. The third-order valence-corrected chi connectivity index (χ3v) is 4.09. The number of aromatic nitrogens is 3. The van der Waals surface area contributed by atoms with Crippen LogP contribution in [0.15, 0.2) is 30.7 Å². The molecule has 0 aliphatic carbocycles. The third-order valence-electron chi connectivity index (χ3n) is 4.09. The highest BCUT2D eigenvalue weighted by Crippen LogP contribution is 2.32. The molecule has 0 radical (unpaired) electrons. The number of hydrogen-bond donors (Lipinski definition) is 1. The first kappa shape index (κ1) is 13.9. The number of hydrogen-bond acceptors (Lipinski definition) is 5. The normalized spacial score (nSPS) is 18.9. The van der Waals surface area contributed by atoms with Crippen molar-refractivity contribution in [1.29, 1.82) is 0 Å². The molecule has 2 aromatic rings. The van der Waals surface area contributed by atoms with Gasteiger partial charge in [-0.2, -0.15) is 0 Å². The summed E-state index contributed by atoms with van der Waals surface area (Å²) >= 11 is 0. The van der Waals surface area contributed by atoms with Gasteiger partial charge in [-0.15, -0.1) is 0 Å². The highest BCUT2D eigenvalue weighted by atomic mass is 15.2. The molecule has 0 aromatic carbocycles. The predicted octanol–water partition coefficient (Wildman–Crippen LogP) is 2.56. The van der Waals surface area contributed by atoms with Gasteiger partial charge in [0.05, 0.1) is 29.8 Å². The van der Waals surface area contributed by atoms with E-state index in [-0.39, 0.29) is 0 Å². The molecule has 1 unspecified atom stereocenters. The SMILES string of the molecule is CNc1cncc(C2CCCN2Cc2ncccc2C)n1. The Bertz CT molecular complexity index is 613. The van der Waals surface area contributed by atoms with Gasteiger partial charge in [0.2, 0.25) is 0 Å². The van der Waals surface area contributed by atoms with E-state index in [1.54, 1.807) is 6.20 Å². The van der Waals surface area contributed by atoms with Crippen molar-refractivity contribution in [2.24, 2.45) is 0 Å². The predicted molar refractivity (Wildman–Crippen MR) is 82.9 cm³/mol. The van der Waals surface area contributed by atoms with Crippen molar-refractivity contribution in [3.8, 4) is 0 Å². The van der Waals surface area contributed by atoms with Crippen molar-refractivity contribution in [1.82, 2.24) is 19.9 Å². The highest BCUT2D eigenvalue weighted by Gasteiger charge is 2.28. The zero-order valence-corrected chi connectivity index (χ0v) is 12.6. The summed E-state index contributed by atoms with van der Waals surface area (Å²) in [6.45, 7) is 4.09. The number of rotatable bonds is 4. The van der Waals surface area contributed by atoms with Crippen LogP contribution in [0.1, 0.15) is 35.8 Å². The summed E-state index contributed by atoms with van der Waals surface area (Å²) in [5.74, 6) is 0.827. The summed E-state index contributed by atoms with van der Waals surface area (Å²) in [6.07, 6.45) is 7.84. The molecule has 5 heteroatoms. The van der Waals surface area contributed by atoms with E-state index in [9.17, 15) is 0 Å². The van der Waals surface area contributed by atoms with Crippen molar-refractivity contribution in [3.63, 3.8) is 0 Å². The molecule has 1 saturated heterocycles. The molecule has 3 heterocycles. The molecule has 0 bridgehead atoms. The van der Waals surface area contributed by atoms with E-state index in [1.165, 1.54) is 12.0 Å². The lowest BCUT2D eigenvalue weighted by atomic mass is 10.1. The van der Waals surface area contributed by atoms with E-state index in [4.69, 9.17) is 0 Å². The largest absolute Gasteiger partial charge is 0.372 e. The van der Waals surface area contributed by atoms with Gasteiger partial charge in [0.15, 0.2) is 0 Å². The summed E-state index contributed by atoms with van der Waals surface area (Å²) < 4.78 is 0. The van der Waals surface area contributed by atoms with E-state index in [2.05, 4.69) is 38.2 Å². The Morgan fingerprint density at radius 1 is 1.38 bits per heavy atom. The van der Waals surface area contributed by atoms with E-state index in [0.29, 0.717) is 6.04 Å². The van der Waals surface area contributed by atoms with Gasteiger partial charge in [0.1, 0.15) is 5.82 Å². The number of aryl methyl sites for hydroxylation is 1. The second-order valence-corrected chi connectivity index (χ2v) is 5.47. The number of anilines is 1. The summed E-state index contributed by atoms with van der Waals surface area (Å²) in [5, 5.41) is 3.06. The van der Waals surface area contributed by atoms with E-state index in [0.717, 1.165) is 36.7 Å². The molecule has 0 spiro atoms. The molecule has 1 N–H and O–H groups in total. The fourth-order valence-corrected chi connectivity index (χ4v) is 2.89. The minimum absolute atomic E-state index is 0.340. The molecule has 0 saturated carbocycles. The molecule has 21 heavy (non-hydrogen) atoms. The average molecular weight is 283 g/mol. The highest BCUT2D eigenvalue weighted by molar-refractivity contribution is 5.31. The number of nitrogens with one attached hydrogen (secondary N) is 1. The van der Waals surface area contributed by atoms with Crippen LogP contribution >= 0.6 is 0 Å². The summed E-state index contributed by atoms with van der Waals surface area (Å²) in [7, 11) is 1.87. The Morgan fingerprint density at radius 2 is 2.29 bits per heavy atom. The minimum atomic E-state index is 0.340. The topological polar surface area (TPSA) is 53.9 Å². The van der Waals surface area contributed by atoms with Crippen LogP contribution in [0.25, 0.3) is 0 Å². The number of nitrogens with zero attached hydrogens (tertiary/aromatic N) is 4. The van der Waals surface area contributed by atoms with Crippen LogP contribution in [0.3, 0.4) is 0 Å². The Kier molecular flexibility index (Phi) is 4.10. The van der Waals surface area contributed by atoms with Gasteiger partial charge in [0, 0.05) is 19.8 Å². The number of likely N-dealkylation sites (tertiary alicyclic amines) is 1. The lowest BCUT2D eigenvalue weighted by molar-refractivity contribution is 0.240. The van der Waals surface area contributed by atoms with Crippen LogP contribution in [-0.2, 0) is 6.54 Å². The summed E-state index contributed by atoms with van der Waals surface area (Å²) in [4.78, 5) is 15.9. The maximum Gasteiger partial charge on any atom is 0.144 e. The molecule has 1 aliphatic heterocycles. The Hall–Kier alpha value is -2.01. The van der Waals surface area contributed by atoms with E-state index in [1.807, 2.05) is 25.5 Å². The van der Waals surface area contributed by atoms with Crippen molar-refractivity contribution in [3.05, 3.63) is 47.7 Å². The van der Waals surface area contributed by atoms with Gasteiger partial charge in [-0.3, -0.25) is 14.9 Å². The summed E-state index contributed by atoms with van der Waals surface area (Å²) in [6, 6.07) is 4.45. The molecule has 0 amide bonds. The first-order chi connectivity index (χ1) is 10.3. The standard InChI is InChI=1S/C16H21N5/c1-12-5-3-7-19-14(12)11-21-8-4-6-15(21)13-9-18-10-16(17-2)20-13/h3,5,7,9-10,15H,4,6,8,11H2,1-2H3,(H,17,20). The summed E-state index contributed by atoms with van der Waals surface area (Å²) in [5.41, 5.74) is 3.45. The van der Waals surface area contributed by atoms with Gasteiger partial charge >= 0.3 is 0 Å². The molecule has 3 rings (SSSR count). The van der Waals surface area contributed by atoms with Gasteiger partial charge in [-0.25, -0.2) is 4.98 Å². The van der Waals surface area contributed by atoms with Crippen LogP contribution in [0.2, 0.25) is 0 Å². The van der Waals surface area contributed by atoms with Crippen molar-refractivity contribution in [2.75, 3.05) is 18.9 Å². The minimum Gasteiger partial charge on any atom is -0.372 e. The van der Waals surface area contributed by atoms with Gasteiger partial charge in [-0.05, 0) is 37.9 Å². The Morgan fingerprint density at radius 3 is 3.10 bits per heavy atom. The first-order valence-electron chi connectivity index (χ1n) is 7.42. The van der Waals surface area contributed by atoms with Crippen molar-refractivity contribution < 1.29 is 0 Å². The molecule has 5 nitrogen and oxygen atoms in total. The van der Waals surface area contributed by atoms with Gasteiger partial charge in [-0.1, -0.05) is 6.07 Å². The smallest absolute Gasteiger partial charge is 0.144 e. The molecular weight excluding hydrogens is 262 g/mol. The molecule has 1 atom stereocenters. The molecule has 1 fully saturated rings. The fraction of sp³-hybridized carbons (Fsp3) is 0.438. The Labute approximate surface area is 125 Å². The third kappa shape index (κ3) is 3.03. The van der Waals surface area contributed by atoms with Crippen molar-refractivity contribution >= 4 is 5.82 Å². The zero-order chi connectivity index (χ0) is 14.7. The first-order valence-corrected chi connectivity index (χ1v) is 7.42. The lowest BCUT2D eigenvalue weighted by Crippen LogP contribution is -2.24. The molecule has 110 valence electrons. The Balaban J connectivity index is 1.80. The van der Waals surface area contributed by atoms with Gasteiger partial charge < -0.3 is 5.32 Å². The average Bonchev–Trinajstić information content (AvgIpc) is 2.98. The van der Waals surface area contributed by atoms with E-state index < -0.39 is 0 Å². The molecule has 2 aromatic heterocycles. The van der Waals surface area contributed by atoms with Crippen LogP contribution in [0.5, 0.6) is 0 Å². The molecular formula is C16H21N5. The van der Waals surface area contributed by atoms with Crippen molar-refractivity contribution in [2.45, 2.75) is 32.4 Å². The molecule has 1 aliphatic rings. The van der Waals surface area contributed by atoms with Gasteiger partial charge in [0.25, 0.3) is 0 Å². The van der Waals surface area contributed by atoms with Crippen LogP contribution in [-0.4, -0.2) is 33.4 Å². The second-order valence-electron chi connectivity index (χ2n) is 5.47. The zero-order valence-electron chi connectivity index (χ0n) is 12.6. The van der Waals surface area contributed by atoms with E-state index >= 15 is 0 Å².